The van der Waals surface area contributed by atoms with Crippen LogP contribution in [0.15, 0.2) is 29.2 Å². The van der Waals surface area contributed by atoms with E-state index in [1.54, 1.807) is 24.3 Å². The summed E-state index contributed by atoms with van der Waals surface area (Å²) in [6, 6.07) is 8.57. The lowest BCUT2D eigenvalue weighted by Crippen LogP contribution is -2.10. The Morgan fingerprint density at radius 2 is 1.93 bits per heavy atom. The van der Waals surface area contributed by atoms with Gasteiger partial charge in [0.1, 0.15) is 0 Å². The number of hydrogen-bond acceptors (Lipinski definition) is 2. The van der Waals surface area contributed by atoms with E-state index < -0.39 is 11.9 Å². The van der Waals surface area contributed by atoms with E-state index in [9.17, 15) is 13.2 Å². The summed E-state index contributed by atoms with van der Waals surface area (Å²) in [5, 5.41) is 8.49. The van der Waals surface area contributed by atoms with Crippen molar-refractivity contribution in [1.29, 1.82) is 5.26 Å². The second kappa shape index (κ2) is 5.08. The molecule has 1 aromatic carbocycles. The zero-order valence-corrected chi connectivity index (χ0v) is 8.53. The molecule has 0 aliphatic heterocycles. The van der Waals surface area contributed by atoms with Crippen LogP contribution in [0.25, 0.3) is 0 Å². The average molecular weight is 231 g/mol. The summed E-state index contributed by atoms with van der Waals surface area (Å²) in [5.41, 5.74) is 0.647. The van der Waals surface area contributed by atoms with Gasteiger partial charge in [0.2, 0.25) is 0 Å². The first-order valence-electron chi connectivity index (χ1n) is 4.17. The van der Waals surface area contributed by atoms with Crippen LogP contribution in [0.1, 0.15) is 5.56 Å². The third-order valence-corrected chi connectivity index (χ3v) is 2.81. The second-order valence-electron chi connectivity index (χ2n) is 2.85. The molecule has 0 amide bonds. The van der Waals surface area contributed by atoms with Crippen LogP contribution in [0.5, 0.6) is 0 Å². The molecule has 0 N–H and O–H groups in total. The van der Waals surface area contributed by atoms with E-state index in [1.165, 1.54) is 0 Å². The van der Waals surface area contributed by atoms with E-state index in [2.05, 4.69) is 0 Å². The van der Waals surface area contributed by atoms with Crippen LogP contribution in [0, 0.1) is 11.3 Å². The lowest BCUT2D eigenvalue weighted by Gasteiger charge is -2.08. The summed E-state index contributed by atoms with van der Waals surface area (Å²) in [7, 11) is 0. The van der Waals surface area contributed by atoms with Crippen molar-refractivity contribution in [3.8, 4) is 6.07 Å². The van der Waals surface area contributed by atoms with Gasteiger partial charge in [-0.05, 0) is 11.6 Å². The fraction of sp³-hybridized carbons (Fsp3) is 0.300. The van der Waals surface area contributed by atoms with Gasteiger partial charge in [0.25, 0.3) is 0 Å². The second-order valence-corrected chi connectivity index (χ2v) is 3.86. The maximum Gasteiger partial charge on any atom is 0.398 e. The number of hydrogen-bond donors (Lipinski definition) is 0. The van der Waals surface area contributed by atoms with Gasteiger partial charge in [-0.1, -0.05) is 18.2 Å². The van der Waals surface area contributed by atoms with Crippen LogP contribution in [0.2, 0.25) is 0 Å². The summed E-state index contributed by atoms with van der Waals surface area (Å²) in [6.07, 6.45) is -4.04. The molecular formula is C10H8F3NS. The normalized spacial score (nSPS) is 11.1. The molecule has 0 atom stereocenters. The SMILES string of the molecule is N#CCc1ccccc1SCC(F)(F)F. The summed E-state index contributed by atoms with van der Waals surface area (Å²) >= 11 is 0.718. The molecule has 0 radical (unpaired) electrons. The number of thioether (sulfide) groups is 1. The maximum atomic E-state index is 12.0. The molecule has 0 saturated heterocycles. The Kier molecular flexibility index (Phi) is 4.04. The van der Waals surface area contributed by atoms with Crippen LogP contribution in [0.4, 0.5) is 13.2 Å². The summed E-state index contributed by atoms with van der Waals surface area (Å²) in [5.74, 6) is -0.921. The molecule has 0 unspecified atom stereocenters. The third kappa shape index (κ3) is 4.26. The summed E-state index contributed by atoms with van der Waals surface area (Å²) in [6.45, 7) is 0. The first-order chi connectivity index (χ1) is 7.03. The Morgan fingerprint density at radius 1 is 1.27 bits per heavy atom. The van der Waals surface area contributed by atoms with E-state index in [1.807, 2.05) is 6.07 Å². The predicted molar refractivity (Wildman–Crippen MR) is 52.5 cm³/mol. The highest BCUT2D eigenvalue weighted by molar-refractivity contribution is 7.99. The number of alkyl halides is 3. The van der Waals surface area contributed by atoms with Crippen LogP contribution in [-0.4, -0.2) is 11.9 Å². The Morgan fingerprint density at radius 3 is 2.53 bits per heavy atom. The predicted octanol–water partition coefficient (Wildman–Crippen LogP) is 3.41. The number of nitriles is 1. The zero-order valence-electron chi connectivity index (χ0n) is 7.71. The van der Waals surface area contributed by atoms with Gasteiger partial charge in [-0.25, -0.2) is 0 Å². The van der Waals surface area contributed by atoms with Crippen LogP contribution >= 0.6 is 11.8 Å². The lowest BCUT2D eigenvalue weighted by atomic mass is 10.2. The van der Waals surface area contributed by atoms with Crippen molar-refractivity contribution >= 4 is 11.8 Å². The maximum absolute atomic E-state index is 12.0. The fourth-order valence-corrected chi connectivity index (χ4v) is 1.86. The quantitative estimate of drug-likeness (QED) is 0.744. The minimum atomic E-state index is -4.18. The molecule has 0 heterocycles. The van der Waals surface area contributed by atoms with Gasteiger partial charge in [0.05, 0.1) is 18.2 Å². The smallest absolute Gasteiger partial charge is 0.198 e. The first kappa shape index (κ1) is 11.9. The topological polar surface area (TPSA) is 23.8 Å². The van der Waals surface area contributed by atoms with Crippen molar-refractivity contribution in [3.05, 3.63) is 29.8 Å². The molecular weight excluding hydrogens is 223 g/mol. The monoisotopic (exact) mass is 231 g/mol. The van der Waals surface area contributed by atoms with E-state index in [-0.39, 0.29) is 6.42 Å². The van der Waals surface area contributed by atoms with Crippen molar-refractivity contribution in [3.63, 3.8) is 0 Å². The largest absolute Gasteiger partial charge is 0.398 e. The minimum Gasteiger partial charge on any atom is -0.198 e. The van der Waals surface area contributed by atoms with Gasteiger partial charge >= 0.3 is 6.18 Å². The Bertz CT molecular complexity index is 368. The molecule has 0 aromatic heterocycles. The van der Waals surface area contributed by atoms with E-state index in [4.69, 9.17) is 5.26 Å². The lowest BCUT2D eigenvalue weighted by molar-refractivity contribution is -0.105. The van der Waals surface area contributed by atoms with Crippen molar-refractivity contribution < 1.29 is 13.2 Å². The van der Waals surface area contributed by atoms with Crippen molar-refractivity contribution in [2.24, 2.45) is 0 Å². The van der Waals surface area contributed by atoms with E-state index in [0.717, 1.165) is 11.8 Å². The Balaban J connectivity index is 2.72. The van der Waals surface area contributed by atoms with Gasteiger partial charge in [-0.2, -0.15) is 18.4 Å². The van der Waals surface area contributed by atoms with Crippen LogP contribution in [-0.2, 0) is 6.42 Å². The molecule has 5 heteroatoms. The van der Waals surface area contributed by atoms with Gasteiger partial charge in [-0.15, -0.1) is 11.8 Å². The number of benzene rings is 1. The number of halogens is 3. The highest BCUT2D eigenvalue weighted by Gasteiger charge is 2.27. The zero-order chi connectivity index (χ0) is 11.3. The fourth-order valence-electron chi connectivity index (χ4n) is 1.04. The minimum absolute atomic E-state index is 0.140. The molecule has 15 heavy (non-hydrogen) atoms. The van der Waals surface area contributed by atoms with Crippen molar-refractivity contribution in [2.45, 2.75) is 17.5 Å². The molecule has 80 valence electrons. The molecule has 0 aliphatic rings. The van der Waals surface area contributed by atoms with E-state index in [0.29, 0.717) is 10.5 Å². The molecule has 0 aliphatic carbocycles. The van der Waals surface area contributed by atoms with Gasteiger partial charge in [0, 0.05) is 4.90 Å². The van der Waals surface area contributed by atoms with Gasteiger partial charge in [-0.3, -0.25) is 0 Å². The van der Waals surface area contributed by atoms with E-state index >= 15 is 0 Å². The molecule has 1 aromatic rings. The third-order valence-electron chi connectivity index (χ3n) is 1.63. The van der Waals surface area contributed by atoms with Crippen LogP contribution < -0.4 is 0 Å². The molecule has 1 rings (SSSR count). The highest BCUT2D eigenvalue weighted by Crippen LogP contribution is 2.29. The van der Waals surface area contributed by atoms with Crippen molar-refractivity contribution in [2.75, 3.05) is 5.75 Å². The number of rotatable bonds is 3. The summed E-state index contributed by atoms with van der Waals surface area (Å²) in [4.78, 5) is 0.524. The summed E-state index contributed by atoms with van der Waals surface area (Å²) < 4.78 is 35.9. The molecule has 0 spiro atoms. The number of nitrogens with zero attached hydrogens (tertiary/aromatic N) is 1. The van der Waals surface area contributed by atoms with Gasteiger partial charge in [0.15, 0.2) is 0 Å². The molecule has 1 nitrogen and oxygen atoms in total. The first-order valence-corrected chi connectivity index (χ1v) is 5.16. The molecule has 0 bridgehead atoms. The van der Waals surface area contributed by atoms with Gasteiger partial charge < -0.3 is 0 Å². The Hall–Kier alpha value is -1.15. The van der Waals surface area contributed by atoms with Crippen LogP contribution in [0.3, 0.4) is 0 Å². The standard InChI is InChI=1S/C10H8F3NS/c11-10(12,13)7-15-9-4-2-1-3-8(9)5-6-14/h1-4H,5,7H2. The Labute approximate surface area is 89.9 Å². The molecule has 0 saturated carbocycles. The van der Waals surface area contributed by atoms with Crippen molar-refractivity contribution in [1.82, 2.24) is 0 Å². The average Bonchev–Trinajstić information content (AvgIpc) is 2.16. The highest BCUT2D eigenvalue weighted by atomic mass is 32.2. The molecule has 0 fully saturated rings.